The summed E-state index contributed by atoms with van der Waals surface area (Å²) in [7, 11) is 0. The molecule has 0 aliphatic rings. The summed E-state index contributed by atoms with van der Waals surface area (Å²) in [5.74, 6) is 0.743. The normalized spacial score (nSPS) is 11.6. The summed E-state index contributed by atoms with van der Waals surface area (Å²) in [6.07, 6.45) is 0. The van der Waals surface area contributed by atoms with Crippen LogP contribution >= 0.6 is 35.0 Å². The molecule has 0 fully saturated rings. The number of halogens is 2. The maximum atomic E-state index is 11.9. The number of thioether (sulfide) groups is 1. The van der Waals surface area contributed by atoms with Gasteiger partial charge in [-0.25, -0.2) is 0 Å². The number of benzene rings is 1. The van der Waals surface area contributed by atoms with Crippen LogP contribution in [0.5, 0.6) is 0 Å². The lowest BCUT2D eigenvalue weighted by Gasteiger charge is -2.16. The lowest BCUT2D eigenvalue weighted by Crippen LogP contribution is -2.11. The Morgan fingerprint density at radius 2 is 1.75 bits per heavy atom. The summed E-state index contributed by atoms with van der Waals surface area (Å²) >= 11 is 13.2. The van der Waals surface area contributed by atoms with E-state index >= 15 is 0 Å². The molecule has 0 unspecified atom stereocenters. The predicted molar refractivity (Wildman–Crippen MR) is 72.7 cm³/mol. The van der Waals surface area contributed by atoms with Crippen LogP contribution in [0, 0.1) is 5.41 Å². The maximum Gasteiger partial charge on any atom is 0.222 e. The van der Waals surface area contributed by atoms with Crippen LogP contribution in [0.4, 0.5) is 0 Å². The van der Waals surface area contributed by atoms with Crippen LogP contribution in [0.2, 0.25) is 10.0 Å². The highest BCUT2D eigenvalue weighted by atomic mass is 35.5. The Morgan fingerprint density at radius 3 is 2.19 bits per heavy atom. The molecule has 0 aromatic heterocycles. The Balaban J connectivity index is 2.81. The van der Waals surface area contributed by atoms with Crippen molar-refractivity contribution in [1.29, 1.82) is 0 Å². The van der Waals surface area contributed by atoms with Gasteiger partial charge >= 0.3 is 0 Å². The lowest BCUT2D eigenvalue weighted by molar-refractivity contribution is 0.108. The van der Waals surface area contributed by atoms with E-state index in [9.17, 15) is 4.79 Å². The molecule has 1 aromatic rings. The second-order valence-electron chi connectivity index (χ2n) is 4.73. The average Bonchev–Trinajstić information content (AvgIpc) is 2.13. The highest BCUT2D eigenvalue weighted by Gasteiger charge is 2.18. The highest BCUT2D eigenvalue weighted by molar-refractivity contribution is 8.14. The Bertz CT molecular complexity index is 376. The average molecular weight is 277 g/mol. The third-order valence-corrected chi connectivity index (χ3v) is 3.91. The van der Waals surface area contributed by atoms with Crippen LogP contribution in [0.3, 0.4) is 0 Å². The molecule has 0 N–H and O–H groups in total. The van der Waals surface area contributed by atoms with Crippen molar-refractivity contribution in [1.82, 2.24) is 0 Å². The van der Waals surface area contributed by atoms with Crippen molar-refractivity contribution in [3.8, 4) is 0 Å². The molecule has 0 spiro atoms. The molecular weight excluding hydrogens is 263 g/mol. The SMILES string of the molecule is CC(C)(C)CSC(=O)c1c(Cl)cccc1Cl. The van der Waals surface area contributed by atoms with E-state index in [0.717, 1.165) is 5.75 Å². The lowest BCUT2D eigenvalue weighted by atomic mass is 10.0. The minimum absolute atomic E-state index is 0.0643. The van der Waals surface area contributed by atoms with E-state index in [1.165, 1.54) is 11.8 Å². The molecule has 0 amide bonds. The second kappa shape index (κ2) is 5.44. The smallest absolute Gasteiger partial charge is 0.222 e. The summed E-state index contributed by atoms with van der Waals surface area (Å²) in [6.45, 7) is 6.25. The molecule has 1 nitrogen and oxygen atoms in total. The summed E-state index contributed by atoms with van der Waals surface area (Å²) < 4.78 is 0. The molecule has 0 bridgehead atoms. The molecule has 0 aliphatic carbocycles. The standard InChI is InChI=1S/C12H14Cl2OS/c1-12(2,3)7-16-11(15)10-8(13)5-4-6-9(10)14/h4-6H,7H2,1-3H3. The van der Waals surface area contributed by atoms with E-state index in [1.807, 2.05) is 0 Å². The third kappa shape index (κ3) is 4.00. The van der Waals surface area contributed by atoms with Crippen molar-refractivity contribution in [2.75, 3.05) is 5.75 Å². The van der Waals surface area contributed by atoms with Crippen LogP contribution in [0.1, 0.15) is 31.1 Å². The van der Waals surface area contributed by atoms with Gasteiger partial charge in [-0.15, -0.1) is 0 Å². The van der Waals surface area contributed by atoms with Gasteiger partial charge in [-0.3, -0.25) is 4.79 Å². The van der Waals surface area contributed by atoms with Crippen LogP contribution in [0.25, 0.3) is 0 Å². The molecule has 0 atom stereocenters. The van der Waals surface area contributed by atoms with Crippen LogP contribution in [-0.4, -0.2) is 10.9 Å². The minimum Gasteiger partial charge on any atom is -0.281 e. The fraction of sp³-hybridized carbons (Fsp3) is 0.417. The molecule has 4 heteroatoms. The summed E-state index contributed by atoms with van der Waals surface area (Å²) in [5, 5.41) is 0.767. The van der Waals surface area contributed by atoms with Gasteiger partial charge < -0.3 is 0 Å². The van der Waals surface area contributed by atoms with Gasteiger partial charge in [-0.05, 0) is 17.5 Å². The first kappa shape index (κ1) is 13.9. The van der Waals surface area contributed by atoms with E-state index < -0.39 is 0 Å². The second-order valence-corrected chi connectivity index (χ2v) is 6.50. The van der Waals surface area contributed by atoms with Crippen molar-refractivity contribution in [2.24, 2.45) is 5.41 Å². The fourth-order valence-electron chi connectivity index (χ4n) is 1.05. The Labute approximate surface area is 111 Å². The fourth-order valence-corrected chi connectivity index (χ4v) is 2.66. The molecule has 1 aromatic carbocycles. The van der Waals surface area contributed by atoms with Gasteiger partial charge in [-0.2, -0.15) is 0 Å². The first-order valence-corrected chi connectivity index (χ1v) is 6.66. The van der Waals surface area contributed by atoms with Crippen molar-refractivity contribution in [3.05, 3.63) is 33.8 Å². The zero-order chi connectivity index (χ0) is 12.3. The van der Waals surface area contributed by atoms with Gasteiger partial charge in [0.15, 0.2) is 0 Å². The summed E-state index contributed by atoms with van der Waals surface area (Å²) in [5.41, 5.74) is 0.522. The Morgan fingerprint density at radius 1 is 1.25 bits per heavy atom. The van der Waals surface area contributed by atoms with Crippen LogP contribution < -0.4 is 0 Å². The molecule has 0 radical (unpaired) electrons. The van der Waals surface area contributed by atoms with Gasteiger partial charge in [0.1, 0.15) is 0 Å². The van der Waals surface area contributed by atoms with Crippen LogP contribution in [-0.2, 0) is 0 Å². The third-order valence-electron chi connectivity index (χ3n) is 1.80. The number of carbonyl (C=O) groups is 1. The van der Waals surface area contributed by atoms with Gasteiger partial charge in [-0.1, -0.05) is 61.8 Å². The van der Waals surface area contributed by atoms with E-state index in [-0.39, 0.29) is 10.5 Å². The molecule has 0 saturated heterocycles. The molecule has 0 aliphatic heterocycles. The summed E-state index contributed by atoms with van der Waals surface area (Å²) in [6, 6.07) is 5.09. The molecule has 0 heterocycles. The molecule has 1 rings (SSSR count). The number of carbonyl (C=O) groups excluding carboxylic acids is 1. The highest BCUT2D eigenvalue weighted by Crippen LogP contribution is 2.30. The maximum absolute atomic E-state index is 11.9. The van der Waals surface area contributed by atoms with Crippen molar-refractivity contribution < 1.29 is 4.79 Å². The monoisotopic (exact) mass is 276 g/mol. The summed E-state index contributed by atoms with van der Waals surface area (Å²) in [4.78, 5) is 11.9. The first-order chi connectivity index (χ1) is 7.31. The topological polar surface area (TPSA) is 17.1 Å². The zero-order valence-corrected chi connectivity index (χ0v) is 11.8. The van der Waals surface area contributed by atoms with E-state index in [0.29, 0.717) is 15.6 Å². The van der Waals surface area contributed by atoms with Gasteiger partial charge in [0.25, 0.3) is 0 Å². The largest absolute Gasteiger partial charge is 0.281 e. The van der Waals surface area contributed by atoms with Gasteiger partial charge in [0, 0.05) is 5.75 Å². The van der Waals surface area contributed by atoms with Crippen molar-refractivity contribution >= 4 is 40.1 Å². The zero-order valence-electron chi connectivity index (χ0n) is 9.51. The molecule has 0 saturated carbocycles. The van der Waals surface area contributed by atoms with Crippen molar-refractivity contribution in [3.63, 3.8) is 0 Å². The van der Waals surface area contributed by atoms with Crippen molar-refractivity contribution in [2.45, 2.75) is 20.8 Å². The van der Waals surface area contributed by atoms with Gasteiger partial charge in [0.05, 0.1) is 15.6 Å². The Hall–Kier alpha value is -0.180. The van der Waals surface area contributed by atoms with E-state index in [2.05, 4.69) is 20.8 Å². The Kier molecular flexibility index (Phi) is 4.72. The van der Waals surface area contributed by atoms with E-state index in [4.69, 9.17) is 23.2 Å². The molecule has 16 heavy (non-hydrogen) atoms. The first-order valence-electron chi connectivity index (χ1n) is 4.92. The van der Waals surface area contributed by atoms with Crippen LogP contribution in [0.15, 0.2) is 18.2 Å². The molecule has 88 valence electrons. The predicted octanol–water partition coefficient (Wildman–Crippen LogP) is 4.91. The van der Waals surface area contributed by atoms with E-state index in [1.54, 1.807) is 18.2 Å². The quantitative estimate of drug-likeness (QED) is 0.763. The number of rotatable bonds is 2. The minimum atomic E-state index is -0.0643. The van der Waals surface area contributed by atoms with Gasteiger partial charge in [0.2, 0.25) is 5.12 Å². The number of hydrogen-bond acceptors (Lipinski definition) is 2. The number of hydrogen-bond donors (Lipinski definition) is 0. The molecular formula is C12H14Cl2OS.